The van der Waals surface area contributed by atoms with Gasteiger partial charge in [-0.15, -0.1) is 0 Å². The molecule has 0 radical (unpaired) electrons. The molecule has 2 aromatic carbocycles. The van der Waals surface area contributed by atoms with Crippen LogP contribution >= 0.6 is 0 Å². The zero-order valence-corrected chi connectivity index (χ0v) is 17.5. The van der Waals surface area contributed by atoms with Crippen molar-refractivity contribution in [1.82, 2.24) is 0 Å². The highest BCUT2D eigenvalue weighted by Gasteiger charge is 2.31. The van der Waals surface area contributed by atoms with Gasteiger partial charge in [0.05, 0.1) is 11.1 Å². The maximum absolute atomic E-state index is 11.7. The molecule has 0 saturated carbocycles. The Labute approximate surface area is 184 Å². The Morgan fingerprint density at radius 1 is 0.531 bits per heavy atom. The van der Waals surface area contributed by atoms with Gasteiger partial charge in [0.25, 0.3) is 0 Å². The molecule has 2 N–H and O–H groups in total. The molecule has 2 aliphatic carbocycles. The summed E-state index contributed by atoms with van der Waals surface area (Å²) in [6.45, 7) is 3.44. The second kappa shape index (κ2) is 9.22. The molecule has 2 aliphatic rings. The Hall–Kier alpha value is -4.32. The summed E-state index contributed by atoms with van der Waals surface area (Å²) < 4.78 is 0. The van der Waals surface area contributed by atoms with E-state index in [9.17, 15) is 29.4 Å². The number of hydrogen-bond donors (Lipinski definition) is 2. The molecule has 2 aromatic rings. The van der Waals surface area contributed by atoms with Crippen molar-refractivity contribution in [2.75, 3.05) is 0 Å². The molecular formula is C26H20O6. The molecule has 0 unspecified atom stereocenters. The van der Waals surface area contributed by atoms with Crippen LogP contribution in [0.1, 0.15) is 45.7 Å². The van der Waals surface area contributed by atoms with Gasteiger partial charge in [-0.1, -0.05) is 72.8 Å². The van der Waals surface area contributed by atoms with Gasteiger partial charge >= 0.3 is 0 Å². The molecule has 0 amide bonds. The van der Waals surface area contributed by atoms with E-state index in [1.807, 2.05) is 0 Å². The first-order chi connectivity index (χ1) is 15.3. The molecule has 6 heteroatoms. The number of hydrogen-bond acceptors (Lipinski definition) is 6. The lowest BCUT2D eigenvalue weighted by Gasteiger charge is -2.15. The summed E-state index contributed by atoms with van der Waals surface area (Å²) in [5.41, 5.74) is 1.48. The van der Waals surface area contributed by atoms with Crippen molar-refractivity contribution in [2.24, 2.45) is 0 Å². The standard InChI is InChI=1S/2C13H10O3/c2*1-2-5-10-11(14)8-6-3-4-7-9(8)12(15)13(10)16/h2*2-7,14H,1H3. The highest BCUT2D eigenvalue weighted by Crippen LogP contribution is 2.29. The minimum atomic E-state index is -0.658. The summed E-state index contributed by atoms with van der Waals surface area (Å²) in [6, 6.07) is 13.1. The summed E-state index contributed by atoms with van der Waals surface area (Å²) >= 11 is 0. The van der Waals surface area contributed by atoms with E-state index in [-0.39, 0.29) is 33.8 Å². The Morgan fingerprint density at radius 3 is 1.16 bits per heavy atom. The predicted octanol–water partition coefficient (Wildman–Crippen LogP) is 4.59. The Morgan fingerprint density at radius 2 is 0.844 bits per heavy atom. The van der Waals surface area contributed by atoms with E-state index in [4.69, 9.17) is 0 Å². The van der Waals surface area contributed by atoms with Gasteiger partial charge in [-0.2, -0.15) is 0 Å². The molecule has 4 rings (SSSR count). The number of ketones is 4. The van der Waals surface area contributed by atoms with Crippen molar-refractivity contribution < 1.29 is 29.4 Å². The van der Waals surface area contributed by atoms with Crippen molar-refractivity contribution in [1.29, 1.82) is 0 Å². The molecule has 160 valence electrons. The van der Waals surface area contributed by atoms with Crippen LogP contribution in [0.15, 0.2) is 84.0 Å². The van der Waals surface area contributed by atoms with Crippen LogP contribution < -0.4 is 0 Å². The van der Waals surface area contributed by atoms with Gasteiger partial charge in [-0.25, -0.2) is 0 Å². The van der Waals surface area contributed by atoms with E-state index in [0.717, 1.165) is 0 Å². The highest BCUT2D eigenvalue weighted by atomic mass is 16.3. The average molecular weight is 428 g/mol. The van der Waals surface area contributed by atoms with Crippen LogP contribution in [0.4, 0.5) is 0 Å². The first kappa shape index (κ1) is 22.4. The van der Waals surface area contributed by atoms with E-state index in [0.29, 0.717) is 11.1 Å². The van der Waals surface area contributed by atoms with Crippen LogP contribution in [0.25, 0.3) is 11.5 Å². The third-order valence-electron chi connectivity index (χ3n) is 4.93. The van der Waals surface area contributed by atoms with Crippen LogP contribution in [0, 0.1) is 0 Å². The number of carbonyl (C=O) groups is 4. The minimum Gasteiger partial charge on any atom is -0.507 e. The molecule has 0 atom stereocenters. The highest BCUT2D eigenvalue weighted by molar-refractivity contribution is 6.53. The SMILES string of the molecule is CC=CC1=C(O)c2ccccc2C(=O)C1=O.CC=CC1=C(O)c2ccccc2C(=O)C1=O. The summed E-state index contributed by atoms with van der Waals surface area (Å²) in [5, 5.41) is 19.8. The quantitative estimate of drug-likeness (QED) is 0.677. The van der Waals surface area contributed by atoms with Gasteiger partial charge in [0, 0.05) is 22.3 Å². The Kier molecular flexibility index (Phi) is 6.45. The minimum absolute atomic E-state index is 0.0613. The fourth-order valence-corrected chi connectivity index (χ4v) is 3.41. The van der Waals surface area contributed by atoms with Gasteiger partial charge in [0.2, 0.25) is 23.1 Å². The van der Waals surface area contributed by atoms with Crippen molar-refractivity contribution in [2.45, 2.75) is 13.8 Å². The smallest absolute Gasteiger partial charge is 0.237 e. The molecule has 0 bridgehead atoms. The zero-order valence-electron chi connectivity index (χ0n) is 17.5. The van der Waals surface area contributed by atoms with E-state index in [2.05, 4.69) is 0 Å². The number of allylic oxidation sites excluding steroid dienone is 6. The van der Waals surface area contributed by atoms with Gasteiger partial charge in [0.1, 0.15) is 11.5 Å². The predicted molar refractivity (Wildman–Crippen MR) is 120 cm³/mol. The van der Waals surface area contributed by atoms with Crippen molar-refractivity contribution in [3.63, 3.8) is 0 Å². The lowest BCUT2D eigenvalue weighted by atomic mass is 9.88. The van der Waals surface area contributed by atoms with Crippen LogP contribution in [0.5, 0.6) is 0 Å². The van der Waals surface area contributed by atoms with Gasteiger partial charge in [0.15, 0.2) is 0 Å². The molecule has 6 nitrogen and oxygen atoms in total. The second-order valence-electron chi connectivity index (χ2n) is 6.93. The Balaban J connectivity index is 0.000000181. The zero-order chi connectivity index (χ0) is 23.4. The van der Waals surface area contributed by atoms with E-state index in [1.54, 1.807) is 62.4 Å². The molecule has 32 heavy (non-hydrogen) atoms. The van der Waals surface area contributed by atoms with Gasteiger partial charge < -0.3 is 10.2 Å². The van der Waals surface area contributed by atoms with Crippen molar-refractivity contribution >= 4 is 34.7 Å². The average Bonchev–Trinajstić information content (AvgIpc) is 2.82. The number of rotatable bonds is 2. The van der Waals surface area contributed by atoms with Gasteiger partial charge in [-0.3, -0.25) is 19.2 Å². The van der Waals surface area contributed by atoms with Crippen LogP contribution in [-0.2, 0) is 9.59 Å². The molecule has 0 heterocycles. The maximum atomic E-state index is 11.7. The topological polar surface area (TPSA) is 109 Å². The number of fused-ring (bicyclic) bond motifs is 2. The lowest BCUT2D eigenvalue weighted by Crippen LogP contribution is -2.23. The fraction of sp³-hybridized carbons (Fsp3) is 0.0769. The number of benzene rings is 2. The monoisotopic (exact) mass is 428 g/mol. The molecule has 0 saturated heterocycles. The maximum Gasteiger partial charge on any atom is 0.237 e. The van der Waals surface area contributed by atoms with E-state index >= 15 is 0 Å². The van der Waals surface area contributed by atoms with Crippen LogP contribution in [-0.4, -0.2) is 33.3 Å². The molecular weight excluding hydrogens is 408 g/mol. The summed E-state index contributed by atoms with van der Waals surface area (Å²) in [4.78, 5) is 46.8. The largest absolute Gasteiger partial charge is 0.507 e. The summed E-state index contributed by atoms with van der Waals surface area (Å²) in [6.07, 6.45) is 6.13. The lowest BCUT2D eigenvalue weighted by molar-refractivity contribution is -0.112. The number of aliphatic hydroxyl groups excluding tert-OH is 2. The Bertz CT molecular complexity index is 1170. The van der Waals surface area contributed by atoms with Crippen LogP contribution in [0.2, 0.25) is 0 Å². The summed E-state index contributed by atoms with van der Waals surface area (Å²) in [5.74, 6) is -2.71. The summed E-state index contributed by atoms with van der Waals surface area (Å²) in [7, 11) is 0. The molecule has 0 spiro atoms. The second-order valence-corrected chi connectivity index (χ2v) is 6.93. The normalized spacial score (nSPS) is 15.8. The number of aliphatic hydroxyl groups is 2. The third-order valence-corrected chi connectivity index (χ3v) is 4.93. The van der Waals surface area contributed by atoms with Crippen LogP contribution in [0.3, 0.4) is 0 Å². The van der Waals surface area contributed by atoms with E-state index in [1.165, 1.54) is 24.3 Å². The van der Waals surface area contributed by atoms with Crippen molar-refractivity contribution in [3.05, 3.63) is 106 Å². The molecule has 0 aliphatic heterocycles. The molecule has 0 fully saturated rings. The first-order valence-electron chi connectivity index (χ1n) is 9.82. The first-order valence-corrected chi connectivity index (χ1v) is 9.82. The molecule has 0 aromatic heterocycles. The van der Waals surface area contributed by atoms with Gasteiger partial charge in [-0.05, 0) is 13.8 Å². The van der Waals surface area contributed by atoms with Crippen molar-refractivity contribution in [3.8, 4) is 0 Å². The van der Waals surface area contributed by atoms with E-state index < -0.39 is 23.1 Å². The fourth-order valence-electron chi connectivity index (χ4n) is 3.41. The third kappa shape index (κ3) is 3.86. The number of carbonyl (C=O) groups excluding carboxylic acids is 4. The number of Topliss-reactive ketones (excluding diaryl/α,β-unsaturated/α-hetero) is 4.